The number of hydrogen-bond donors (Lipinski definition) is 1. The third kappa shape index (κ3) is 3.56. The highest BCUT2D eigenvalue weighted by Gasteiger charge is 2.30. The predicted molar refractivity (Wildman–Crippen MR) is 78.9 cm³/mol. The van der Waals surface area contributed by atoms with Gasteiger partial charge in [-0.2, -0.15) is 4.31 Å². The predicted octanol–water partition coefficient (Wildman–Crippen LogP) is 2.15. The molecule has 0 unspecified atom stereocenters. The molecule has 1 saturated heterocycles. The second kappa shape index (κ2) is 6.35. The number of piperidine rings is 1. The summed E-state index contributed by atoms with van der Waals surface area (Å²) in [7, 11) is -3.32. The molecule has 0 atom stereocenters. The molecular formula is C13H22N2O2S2. The standard InChI is InChI=1S/C13H22N2O2S2/c1-11(2)15(10-12-5-7-14-8-6-12)19(16,17)13-4-3-9-18-13/h3-4,9,11-12,14H,5-8,10H2,1-2H3. The van der Waals surface area contributed by atoms with Crippen molar-refractivity contribution in [1.82, 2.24) is 9.62 Å². The van der Waals surface area contributed by atoms with Crippen LogP contribution in [0.5, 0.6) is 0 Å². The third-order valence-electron chi connectivity index (χ3n) is 3.53. The van der Waals surface area contributed by atoms with Crippen molar-refractivity contribution in [2.24, 2.45) is 5.92 Å². The molecule has 4 nitrogen and oxygen atoms in total. The fourth-order valence-electron chi connectivity index (χ4n) is 2.43. The van der Waals surface area contributed by atoms with Gasteiger partial charge in [-0.1, -0.05) is 6.07 Å². The molecule has 1 aliphatic heterocycles. The van der Waals surface area contributed by atoms with Gasteiger partial charge >= 0.3 is 0 Å². The zero-order valence-electron chi connectivity index (χ0n) is 11.5. The Morgan fingerprint density at radius 2 is 2.11 bits per heavy atom. The number of nitrogens with zero attached hydrogens (tertiary/aromatic N) is 1. The van der Waals surface area contributed by atoms with Crippen LogP contribution in [0.1, 0.15) is 26.7 Å². The molecule has 0 saturated carbocycles. The van der Waals surface area contributed by atoms with Gasteiger partial charge in [0.25, 0.3) is 10.0 Å². The Morgan fingerprint density at radius 1 is 1.42 bits per heavy atom. The van der Waals surface area contributed by atoms with Crippen molar-refractivity contribution in [2.45, 2.75) is 36.9 Å². The lowest BCUT2D eigenvalue weighted by atomic mass is 9.98. The average Bonchev–Trinajstić information content (AvgIpc) is 2.91. The highest BCUT2D eigenvalue weighted by Crippen LogP contribution is 2.25. The molecule has 0 aliphatic carbocycles. The highest BCUT2D eigenvalue weighted by molar-refractivity contribution is 7.91. The van der Waals surface area contributed by atoms with E-state index in [1.54, 1.807) is 16.4 Å². The van der Waals surface area contributed by atoms with Crippen LogP contribution < -0.4 is 5.32 Å². The fourth-order valence-corrected chi connectivity index (χ4v) is 5.26. The zero-order chi connectivity index (χ0) is 13.9. The van der Waals surface area contributed by atoms with E-state index in [0.29, 0.717) is 16.7 Å². The molecule has 0 aromatic carbocycles. The van der Waals surface area contributed by atoms with E-state index in [1.165, 1.54) is 11.3 Å². The minimum Gasteiger partial charge on any atom is -0.317 e. The number of thiophene rings is 1. The van der Waals surface area contributed by atoms with Gasteiger partial charge in [-0.3, -0.25) is 0 Å². The molecule has 2 heterocycles. The largest absolute Gasteiger partial charge is 0.317 e. The summed E-state index contributed by atoms with van der Waals surface area (Å²) < 4.78 is 27.4. The summed E-state index contributed by atoms with van der Waals surface area (Å²) in [6.07, 6.45) is 2.12. The molecule has 19 heavy (non-hydrogen) atoms. The minimum atomic E-state index is -3.32. The second-order valence-electron chi connectivity index (χ2n) is 5.29. The molecule has 108 valence electrons. The van der Waals surface area contributed by atoms with E-state index in [1.807, 2.05) is 19.2 Å². The maximum absolute atomic E-state index is 12.6. The van der Waals surface area contributed by atoms with E-state index in [2.05, 4.69) is 5.32 Å². The quantitative estimate of drug-likeness (QED) is 0.906. The topological polar surface area (TPSA) is 49.4 Å². The fraction of sp³-hybridized carbons (Fsp3) is 0.692. The summed E-state index contributed by atoms with van der Waals surface area (Å²) in [5, 5.41) is 5.13. The SMILES string of the molecule is CC(C)N(CC1CCNCC1)S(=O)(=O)c1cccs1. The van der Waals surface area contributed by atoms with Crippen molar-refractivity contribution in [3.63, 3.8) is 0 Å². The number of hydrogen-bond acceptors (Lipinski definition) is 4. The van der Waals surface area contributed by atoms with Crippen LogP contribution >= 0.6 is 11.3 Å². The second-order valence-corrected chi connectivity index (χ2v) is 8.36. The molecule has 0 spiro atoms. The summed E-state index contributed by atoms with van der Waals surface area (Å²) in [5.74, 6) is 0.471. The van der Waals surface area contributed by atoms with Crippen molar-refractivity contribution < 1.29 is 8.42 Å². The Morgan fingerprint density at radius 3 is 2.63 bits per heavy atom. The monoisotopic (exact) mass is 302 g/mol. The van der Waals surface area contributed by atoms with E-state index in [-0.39, 0.29) is 6.04 Å². The van der Waals surface area contributed by atoms with Gasteiger partial charge in [0.1, 0.15) is 4.21 Å². The van der Waals surface area contributed by atoms with Gasteiger partial charge in [0.15, 0.2) is 0 Å². The molecule has 1 aromatic heterocycles. The van der Waals surface area contributed by atoms with Crippen molar-refractivity contribution in [1.29, 1.82) is 0 Å². The van der Waals surface area contributed by atoms with E-state index >= 15 is 0 Å². The van der Waals surface area contributed by atoms with Crippen LogP contribution in [0.2, 0.25) is 0 Å². The number of sulfonamides is 1. The van der Waals surface area contributed by atoms with Gasteiger partial charge in [-0.05, 0) is 57.1 Å². The molecule has 1 aromatic rings. The van der Waals surface area contributed by atoms with Crippen LogP contribution in [-0.2, 0) is 10.0 Å². The molecular weight excluding hydrogens is 280 g/mol. The van der Waals surface area contributed by atoms with Gasteiger partial charge < -0.3 is 5.32 Å². The molecule has 0 bridgehead atoms. The summed E-state index contributed by atoms with van der Waals surface area (Å²) in [4.78, 5) is 0. The van der Waals surface area contributed by atoms with Crippen LogP contribution in [0.15, 0.2) is 21.7 Å². The van der Waals surface area contributed by atoms with Crippen LogP contribution in [0, 0.1) is 5.92 Å². The van der Waals surface area contributed by atoms with Gasteiger partial charge in [0.2, 0.25) is 0 Å². The number of nitrogens with one attached hydrogen (secondary N) is 1. The Kier molecular flexibility index (Phi) is 5.00. The summed E-state index contributed by atoms with van der Waals surface area (Å²) in [5.41, 5.74) is 0. The Labute approximate surface area is 119 Å². The molecule has 1 aliphatic rings. The summed E-state index contributed by atoms with van der Waals surface area (Å²) >= 11 is 1.30. The average molecular weight is 302 g/mol. The lowest BCUT2D eigenvalue weighted by Gasteiger charge is -2.31. The zero-order valence-corrected chi connectivity index (χ0v) is 13.1. The van der Waals surface area contributed by atoms with Gasteiger partial charge in [0, 0.05) is 12.6 Å². The summed E-state index contributed by atoms with van der Waals surface area (Å²) in [6.45, 7) is 6.53. The van der Waals surface area contributed by atoms with Crippen LogP contribution in [0.4, 0.5) is 0 Å². The first-order valence-corrected chi connectivity index (χ1v) is 9.10. The first kappa shape index (κ1) is 15.0. The third-order valence-corrected chi connectivity index (χ3v) is 6.95. The summed E-state index contributed by atoms with van der Waals surface area (Å²) in [6, 6.07) is 3.49. The smallest absolute Gasteiger partial charge is 0.252 e. The van der Waals surface area contributed by atoms with E-state index in [9.17, 15) is 8.42 Å². The van der Waals surface area contributed by atoms with Crippen molar-refractivity contribution in [2.75, 3.05) is 19.6 Å². The van der Waals surface area contributed by atoms with Gasteiger partial charge in [-0.15, -0.1) is 11.3 Å². The Balaban J connectivity index is 2.15. The molecule has 6 heteroatoms. The molecule has 0 amide bonds. The molecule has 1 N–H and O–H groups in total. The van der Waals surface area contributed by atoms with Gasteiger partial charge in [-0.25, -0.2) is 8.42 Å². The Hall–Kier alpha value is -0.430. The first-order valence-electron chi connectivity index (χ1n) is 6.78. The Bertz CT molecular complexity index is 477. The molecule has 2 rings (SSSR count). The van der Waals surface area contributed by atoms with Crippen molar-refractivity contribution >= 4 is 21.4 Å². The van der Waals surface area contributed by atoms with Gasteiger partial charge in [0.05, 0.1) is 0 Å². The molecule has 1 fully saturated rings. The van der Waals surface area contributed by atoms with Crippen molar-refractivity contribution in [3.8, 4) is 0 Å². The highest BCUT2D eigenvalue weighted by atomic mass is 32.2. The van der Waals surface area contributed by atoms with Crippen molar-refractivity contribution in [3.05, 3.63) is 17.5 Å². The van der Waals surface area contributed by atoms with Crippen LogP contribution in [0.3, 0.4) is 0 Å². The lowest BCUT2D eigenvalue weighted by Crippen LogP contribution is -2.42. The maximum atomic E-state index is 12.6. The minimum absolute atomic E-state index is 0.00184. The van der Waals surface area contributed by atoms with Crippen LogP contribution in [0.25, 0.3) is 0 Å². The van der Waals surface area contributed by atoms with Crippen LogP contribution in [-0.4, -0.2) is 38.4 Å². The maximum Gasteiger partial charge on any atom is 0.252 e. The van der Waals surface area contributed by atoms with E-state index in [4.69, 9.17) is 0 Å². The lowest BCUT2D eigenvalue weighted by molar-refractivity contribution is 0.261. The number of rotatable bonds is 5. The van der Waals surface area contributed by atoms with E-state index < -0.39 is 10.0 Å². The first-order chi connectivity index (χ1) is 9.01. The normalized spacial score (nSPS) is 18.3. The molecule has 0 radical (unpaired) electrons. The van der Waals surface area contributed by atoms with E-state index in [0.717, 1.165) is 25.9 Å².